The first-order valence-corrected chi connectivity index (χ1v) is 9.79. The summed E-state index contributed by atoms with van der Waals surface area (Å²) in [7, 11) is 0. The van der Waals surface area contributed by atoms with Crippen LogP contribution in [0, 0.1) is 0 Å². The Bertz CT molecular complexity index is 872. The van der Waals surface area contributed by atoms with Crippen LogP contribution in [0.2, 0.25) is 10.0 Å². The first-order chi connectivity index (χ1) is 12.2. The number of hydrogen-bond donors (Lipinski definition) is 0. The Morgan fingerprint density at radius 2 is 1.41 bits per heavy atom. The van der Waals surface area contributed by atoms with Crippen LogP contribution in [0.25, 0.3) is 11.1 Å². The van der Waals surface area contributed by atoms with E-state index in [2.05, 4.69) is 31.9 Å². The van der Waals surface area contributed by atoms with Gasteiger partial charge in [0.1, 0.15) is 0 Å². The Morgan fingerprint density at radius 1 is 0.815 bits per heavy atom. The maximum atomic E-state index is 13.9. The predicted octanol–water partition coefficient (Wildman–Crippen LogP) is 9.07. The van der Waals surface area contributed by atoms with Gasteiger partial charge in [-0.05, 0) is 41.6 Å². The van der Waals surface area contributed by atoms with Gasteiger partial charge in [-0.2, -0.15) is 30.7 Å². The van der Waals surface area contributed by atoms with E-state index < -0.39 is 34.0 Å². The van der Waals surface area contributed by atoms with Gasteiger partial charge in [0, 0.05) is 19.4 Å². The first kappa shape index (κ1) is 23.1. The maximum Gasteiger partial charge on any atom is 0.460 e. The molecule has 0 amide bonds. The lowest BCUT2D eigenvalue weighted by Gasteiger charge is -2.28. The second-order valence-electron chi connectivity index (χ2n) is 5.08. The van der Waals surface area contributed by atoms with Gasteiger partial charge >= 0.3 is 17.4 Å². The van der Waals surface area contributed by atoms with Gasteiger partial charge < -0.3 is 0 Å². The van der Waals surface area contributed by atoms with Gasteiger partial charge in [-0.3, -0.25) is 0 Å². The van der Waals surface area contributed by atoms with Crippen molar-refractivity contribution < 1.29 is 30.7 Å². The van der Waals surface area contributed by atoms with Crippen molar-refractivity contribution in [1.82, 2.24) is 0 Å². The molecule has 0 aromatic heterocycles. The van der Waals surface area contributed by atoms with Gasteiger partial charge in [-0.25, -0.2) is 0 Å². The molecule has 0 unspecified atom stereocenters. The summed E-state index contributed by atoms with van der Waals surface area (Å²) in [6.07, 6.45) is -6.42. The van der Waals surface area contributed by atoms with Crippen molar-refractivity contribution in [1.29, 1.82) is 0 Å². The van der Waals surface area contributed by atoms with Gasteiger partial charge in [0.05, 0.1) is 10.0 Å². The van der Waals surface area contributed by atoms with E-state index in [9.17, 15) is 30.7 Å². The van der Waals surface area contributed by atoms with E-state index in [1.54, 1.807) is 0 Å². The zero-order valence-corrected chi connectivity index (χ0v) is 18.0. The van der Waals surface area contributed by atoms with Crippen LogP contribution in [0.1, 0.15) is 0 Å². The standard InChI is InChI=1S/C15H5Br2Cl2F7S/c16-7-4-8(17)12(6-1-2-9(18)10(19)3-6)11(5-7)27-15(25,26)13(20,21)14(22,23)24/h1-5H. The zero-order valence-electron chi connectivity index (χ0n) is 12.5. The molecule has 12 heteroatoms. The molecular weight excluding hydrogens is 576 g/mol. The van der Waals surface area contributed by atoms with Crippen molar-refractivity contribution in [3.63, 3.8) is 0 Å². The summed E-state index contributed by atoms with van der Waals surface area (Å²) in [6, 6.07) is 6.41. The molecule has 0 N–H and O–H groups in total. The smallest absolute Gasteiger partial charge is 0.188 e. The van der Waals surface area contributed by atoms with Crippen molar-refractivity contribution in [2.24, 2.45) is 0 Å². The number of rotatable bonds is 4. The van der Waals surface area contributed by atoms with E-state index in [1.165, 1.54) is 24.3 Å². The third-order valence-electron chi connectivity index (χ3n) is 3.19. The highest BCUT2D eigenvalue weighted by molar-refractivity contribution is 9.11. The van der Waals surface area contributed by atoms with Crippen LogP contribution in [-0.2, 0) is 0 Å². The summed E-state index contributed by atoms with van der Waals surface area (Å²) in [5, 5.41) is -5.26. The molecule has 0 fully saturated rings. The molecule has 0 spiro atoms. The fourth-order valence-electron chi connectivity index (χ4n) is 1.93. The third-order valence-corrected chi connectivity index (χ3v) is 6.06. The summed E-state index contributed by atoms with van der Waals surface area (Å²) < 4.78 is 92.0. The van der Waals surface area contributed by atoms with E-state index >= 15 is 0 Å². The predicted molar refractivity (Wildman–Crippen MR) is 99.1 cm³/mol. The van der Waals surface area contributed by atoms with Gasteiger partial charge in [0.2, 0.25) is 0 Å². The molecule has 2 aromatic rings. The van der Waals surface area contributed by atoms with Crippen LogP contribution >= 0.6 is 66.8 Å². The second-order valence-corrected chi connectivity index (χ2v) is 8.82. The van der Waals surface area contributed by atoms with E-state index in [1.807, 2.05) is 0 Å². The molecule has 0 radical (unpaired) electrons. The molecule has 0 atom stereocenters. The lowest BCUT2D eigenvalue weighted by atomic mass is 10.1. The molecule has 2 rings (SSSR count). The lowest BCUT2D eigenvalue weighted by molar-refractivity contribution is -0.330. The van der Waals surface area contributed by atoms with Crippen LogP contribution in [0.3, 0.4) is 0 Å². The number of thioether (sulfide) groups is 1. The fourth-order valence-corrected chi connectivity index (χ4v) is 5.00. The largest absolute Gasteiger partial charge is 0.460 e. The van der Waals surface area contributed by atoms with Crippen molar-refractivity contribution >= 4 is 66.8 Å². The molecule has 0 heterocycles. The minimum absolute atomic E-state index is 0.0422. The second kappa shape index (κ2) is 7.93. The van der Waals surface area contributed by atoms with E-state index in [4.69, 9.17) is 23.2 Å². The van der Waals surface area contributed by atoms with Gasteiger partial charge in [-0.15, -0.1) is 0 Å². The first-order valence-electron chi connectivity index (χ1n) is 6.63. The van der Waals surface area contributed by atoms with Gasteiger partial charge in [-0.1, -0.05) is 61.1 Å². The van der Waals surface area contributed by atoms with Crippen molar-refractivity contribution in [2.45, 2.75) is 22.2 Å². The normalized spacial score (nSPS) is 13.1. The Morgan fingerprint density at radius 3 is 1.93 bits per heavy atom. The van der Waals surface area contributed by atoms with Crippen LogP contribution in [0.15, 0.2) is 44.2 Å². The van der Waals surface area contributed by atoms with Crippen molar-refractivity contribution in [2.75, 3.05) is 0 Å². The molecule has 148 valence electrons. The molecule has 0 aliphatic heterocycles. The summed E-state index contributed by atoms with van der Waals surface area (Å²) in [5.74, 6) is -6.24. The van der Waals surface area contributed by atoms with E-state index in [-0.39, 0.29) is 30.1 Å². The molecule has 0 bridgehead atoms. The van der Waals surface area contributed by atoms with Crippen molar-refractivity contribution in [3.8, 4) is 11.1 Å². The van der Waals surface area contributed by atoms with Gasteiger partial charge in [0.25, 0.3) is 0 Å². The molecule has 0 saturated carbocycles. The topological polar surface area (TPSA) is 0 Å². The van der Waals surface area contributed by atoms with Crippen LogP contribution < -0.4 is 0 Å². The minimum Gasteiger partial charge on any atom is -0.188 e. The molecule has 0 aliphatic carbocycles. The minimum atomic E-state index is -6.42. The molecule has 2 aromatic carbocycles. The van der Waals surface area contributed by atoms with Crippen LogP contribution in [0.5, 0.6) is 0 Å². The summed E-state index contributed by atoms with van der Waals surface area (Å²) in [6.45, 7) is 0. The Hall–Kier alpha value is -0.160. The molecule has 0 saturated heterocycles. The maximum absolute atomic E-state index is 13.9. The zero-order chi connectivity index (χ0) is 20.8. The SMILES string of the molecule is FC(F)(F)C(F)(F)C(F)(F)Sc1cc(Br)cc(Br)c1-c1ccc(Cl)c(Cl)c1. The molecule has 0 aliphatic rings. The number of hydrogen-bond acceptors (Lipinski definition) is 1. The lowest BCUT2D eigenvalue weighted by Crippen LogP contribution is -2.49. The highest BCUT2D eigenvalue weighted by Gasteiger charge is 2.73. The number of alkyl halides is 7. The highest BCUT2D eigenvalue weighted by Crippen LogP contribution is 2.56. The number of halogens is 11. The van der Waals surface area contributed by atoms with Crippen LogP contribution in [-0.4, -0.2) is 17.4 Å². The van der Waals surface area contributed by atoms with Crippen molar-refractivity contribution in [3.05, 3.63) is 49.3 Å². The van der Waals surface area contributed by atoms with Crippen LogP contribution in [0.4, 0.5) is 30.7 Å². The van der Waals surface area contributed by atoms with E-state index in [0.29, 0.717) is 0 Å². The molecule has 0 nitrogen and oxygen atoms in total. The average Bonchev–Trinajstić information content (AvgIpc) is 2.48. The number of benzene rings is 2. The third kappa shape index (κ3) is 4.71. The quantitative estimate of drug-likeness (QED) is 0.257. The Kier molecular flexibility index (Phi) is 6.79. The summed E-state index contributed by atoms with van der Waals surface area (Å²) in [4.78, 5) is -0.524. The molecular formula is C15H5Br2Cl2F7S. The summed E-state index contributed by atoms with van der Waals surface area (Å²) in [5.41, 5.74) is 0.150. The average molecular weight is 581 g/mol. The van der Waals surface area contributed by atoms with Gasteiger partial charge in [0.15, 0.2) is 0 Å². The Labute approximate surface area is 179 Å². The fraction of sp³-hybridized carbons (Fsp3) is 0.200. The molecule has 27 heavy (non-hydrogen) atoms. The highest BCUT2D eigenvalue weighted by atomic mass is 79.9. The van der Waals surface area contributed by atoms with E-state index in [0.717, 1.165) is 6.07 Å². The Balaban J connectivity index is 2.62. The summed E-state index contributed by atoms with van der Waals surface area (Å²) >= 11 is 16.9. The monoisotopic (exact) mass is 578 g/mol.